The maximum absolute atomic E-state index is 6.97. The molecule has 12 rings (SSSR count). The molecule has 2 nitrogen and oxygen atoms in total. The fourth-order valence-electron chi connectivity index (χ4n) is 10.7. The largest absolute Gasteiger partial charge is 0.456 e. The number of benzene rings is 9. The Labute approximate surface area is 350 Å². The molecule has 0 unspecified atom stereocenters. The first-order chi connectivity index (χ1) is 29.5. The van der Waals surface area contributed by atoms with E-state index in [0.29, 0.717) is 0 Å². The van der Waals surface area contributed by atoms with Crippen LogP contribution in [-0.4, -0.2) is 0 Å². The Morgan fingerprint density at radius 1 is 0.367 bits per heavy atom. The lowest BCUT2D eigenvalue weighted by molar-refractivity contribution is 0.660. The molecule has 0 radical (unpaired) electrons. The van der Waals surface area contributed by atoms with Crippen LogP contribution < -0.4 is 4.90 Å². The zero-order chi connectivity index (χ0) is 40.0. The highest BCUT2D eigenvalue weighted by Crippen LogP contribution is 2.58. The molecular weight excluding hydrogens is 727 g/mol. The smallest absolute Gasteiger partial charge is 0.137 e. The van der Waals surface area contributed by atoms with Crippen molar-refractivity contribution in [2.24, 2.45) is 0 Å². The van der Waals surface area contributed by atoms with E-state index in [-0.39, 0.29) is 5.41 Å². The van der Waals surface area contributed by atoms with Gasteiger partial charge < -0.3 is 9.32 Å². The minimum absolute atomic E-state index is 0.129. The van der Waals surface area contributed by atoms with Crippen LogP contribution in [0.1, 0.15) is 47.2 Å². The van der Waals surface area contributed by atoms with Gasteiger partial charge in [0.1, 0.15) is 11.2 Å². The number of nitrogens with zero attached hydrogens (tertiary/aromatic N) is 1. The zero-order valence-electron chi connectivity index (χ0n) is 33.6. The lowest BCUT2D eigenvalue weighted by Gasteiger charge is -2.34. The Bertz CT molecular complexity index is 3240. The number of furan rings is 1. The Hall–Kier alpha value is -7.42. The number of hydrogen-bond acceptors (Lipinski definition) is 2. The predicted octanol–water partition coefficient (Wildman–Crippen LogP) is 15.4. The summed E-state index contributed by atoms with van der Waals surface area (Å²) in [5.41, 5.74) is 19.6. The second-order valence-electron chi connectivity index (χ2n) is 16.8. The highest BCUT2D eigenvalue weighted by molar-refractivity contribution is 6.10. The van der Waals surface area contributed by atoms with Gasteiger partial charge in [-0.15, -0.1) is 0 Å². The average molecular weight is 768 g/mol. The topological polar surface area (TPSA) is 16.4 Å². The molecule has 0 fully saturated rings. The van der Waals surface area contributed by atoms with Gasteiger partial charge in [-0.25, -0.2) is 0 Å². The van der Waals surface area contributed by atoms with E-state index in [1.807, 2.05) is 0 Å². The van der Waals surface area contributed by atoms with Gasteiger partial charge in [0.2, 0.25) is 0 Å². The number of anilines is 3. The van der Waals surface area contributed by atoms with Crippen molar-refractivity contribution in [3.8, 4) is 33.4 Å². The first kappa shape index (κ1) is 34.6. The molecule has 0 saturated carbocycles. The van der Waals surface area contributed by atoms with Crippen LogP contribution in [0.2, 0.25) is 0 Å². The van der Waals surface area contributed by atoms with Crippen molar-refractivity contribution < 1.29 is 4.42 Å². The Kier molecular flexibility index (Phi) is 7.52. The second kappa shape index (κ2) is 13.0. The fraction of sp³-hybridized carbons (Fsp3) is 0.0690. The van der Waals surface area contributed by atoms with Gasteiger partial charge in [0.05, 0.1) is 5.41 Å². The minimum Gasteiger partial charge on any atom is -0.456 e. The molecule has 0 aliphatic heterocycles. The van der Waals surface area contributed by atoms with Gasteiger partial charge in [-0.1, -0.05) is 178 Å². The van der Waals surface area contributed by atoms with Crippen LogP contribution in [0.25, 0.3) is 55.3 Å². The Balaban J connectivity index is 1.07. The standard InChI is InChI=1S/C58H41NO/c1-57(2)49-23-12-9-20-44(49)47-34-32-42(36-53(47)57)59(41-30-28-39(29-31-41)38-16-5-3-6-17-38)43-33-35-48-55(37-43)60-54-27-15-26-52(56(48)54)58(40-18-7-4-8-19-40)50-24-13-10-21-45(50)46-22-11-14-25-51(46)58/h3-37H,1-2H3. The number of hydrogen-bond donors (Lipinski definition) is 0. The third-order valence-corrected chi connectivity index (χ3v) is 13.4. The van der Waals surface area contributed by atoms with E-state index in [4.69, 9.17) is 4.42 Å². The molecule has 9 aromatic carbocycles. The predicted molar refractivity (Wildman–Crippen MR) is 249 cm³/mol. The average Bonchev–Trinajstić information content (AvgIpc) is 3.91. The summed E-state index contributed by atoms with van der Waals surface area (Å²) in [6.45, 7) is 4.70. The molecular formula is C58H41NO. The molecule has 0 atom stereocenters. The summed E-state index contributed by atoms with van der Waals surface area (Å²) in [6.07, 6.45) is 0. The van der Waals surface area contributed by atoms with E-state index in [9.17, 15) is 0 Å². The van der Waals surface area contributed by atoms with Gasteiger partial charge in [0.15, 0.2) is 0 Å². The van der Waals surface area contributed by atoms with E-state index in [0.717, 1.165) is 39.0 Å². The second-order valence-corrected chi connectivity index (χ2v) is 16.8. The minimum atomic E-state index is -0.537. The zero-order valence-corrected chi connectivity index (χ0v) is 33.6. The summed E-state index contributed by atoms with van der Waals surface area (Å²) in [7, 11) is 0. The van der Waals surface area contributed by atoms with E-state index in [1.54, 1.807) is 0 Å². The van der Waals surface area contributed by atoms with E-state index >= 15 is 0 Å². The summed E-state index contributed by atoms with van der Waals surface area (Å²) < 4.78 is 6.97. The molecule has 60 heavy (non-hydrogen) atoms. The van der Waals surface area contributed by atoms with Crippen molar-refractivity contribution in [1.82, 2.24) is 0 Å². The molecule has 1 heterocycles. The molecule has 2 heteroatoms. The molecule has 2 aliphatic rings. The quantitative estimate of drug-likeness (QED) is 0.168. The molecule has 1 aromatic heterocycles. The van der Waals surface area contributed by atoms with Crippen LogP contribution in [0, 0.1) is 0 Å². The van der Waals surface area contributed by atoms with Crippen molar-refractivity contribution in [1.29, 1.82) is 0 Å². The van der Waals surface area contributed by atoms with Gasteiger partial charge in [-0.3, -0.25) is 0 Å². The fourth-order valence-corrected chi connectivity index (χ4v) is 10.7. The lowest BCUT2D eigenvalue weighted by Crippen LogP contribution is -2.28. The molecule has 2 aliphatic carbocycles. The molecule has 284 valence electrons. The normalized spacial score (nSPS) is 14.1. The van der Waals surface area contributed by atoms with Gasteiger partial charge >= 0.3 is 0 Å². The summed E-state index contributed by atoms with van der Waals surface area (Å²) in [4.78, 5) is 2.39. The molecule has 0 bridgehead atoms. The number of fused-ring (bicyclic) bond motifs is 9. The van der Waals surface area contributed by atoms with Gasteiger partial charge in [0.25, 0.3) is 0 Å². The van der Waals surface area contributed by atoms with Crippen molar-refractivity contribution in [2.45, 2.75) is 24.7 Å². The first-order valence-electron chi connectivity index (χ1n) is 20.9. The van der Waals surface area contributed by atoms with Crippen LogP contribution in [0.15, 0.2) is 217 Å². The molecule has 0 spiro atoms. The summed E-state index contributed by atoms with van der Waals surface area (Å²) in [5.74, 6) is 0. The molecule has 0 saturated heterocycles. The highest BCUT2D eigenvalue weighted by Gasteiger charge is 2.47. The summed E-state index contributed by atoms with van der Waals surface area (Å²) in [6, 6.07) is 77.7. The highest BCUT2D eigenvalue weighted by atomic mass is 16.3. The third-order valence-electron chi connectivity index (χ3n) is 13.4. The van der Waals surface area contributed by atoms with Crippen molar-refractivity contribution in [3.05, 3.63) is 246 Å². The molecule has 10 aromatic rings. The SMILES string of the molecule is CC1(C)c2ccccc2-c2ccc(N(c3ccc(-c4ccccc4)cc3)c3ccc4c(c3)oc3cccc(C5(c6ccccc6)c6ccccc6-c6ccccc65)c34)cc21. The summed E-state index contributed by atoms with van der Waals surface area (Å²) >= 11 is 0. The van der Waals surface area contributed by atoms with Crippen LogP contribution in [-0.2, 0) is 10.8 Å². The molecule has 0 N–H and O–H groups in total. The van der Waals surface area contributed by atoms with E-state index in [1.165, 1.54) is 66.8 Å². The Morgan fingerprint density at radius 3 is 1.58 bits per heavy atom. The van der Waals surface area contributed by atoms with E-state index in [2.05, 4.69) is 231 Å². The maximum atomic E-state index is 6.97. The van der Waals surface area contributed by atoms with Crippen LogP contribution >= 0.6 is 0 Å². The monoisotopic (exact) mass is 767 g/mol. The first-order valence-corrected chi connectivity index (χ1v) is 20.9. The third kappa shape index (κ3) is 4.88. The van der Waals surface area contributed by atoms with Crippen LogP contribution in [0.5, 0.6) is 0 Å². The summed E-state index contributed by atoms with van der Waals surface area (Å²) in [5, 5.41) is 2.25. The molecule has 0 amide bonds. The lowest BCUT2D eigenvalue weighted by atomic mass is 9.66. The van der Waals surface area contributed by atoms with E-state index < -0.39 is 5.41 Å². The van der Waals surface area contributed by atoms with Gasteiger partial charge in [-0.2, -0.15) is 0 Å². The maximum Gasteiger partial charge on any atom is 0.137 e. The van der Waals surface area contributed by atoms with Crippen LogP contribution in [0.4, 0.5) is 17.1 Å². The van der Waals surface area contributed by atoms with Crippen molar-refractivity contribution in [2.75, 3.05) is 4.90 Å². The van der Waals surface area contributed by atoms with Gasteiger partial charge in [-0.05, 0) is 109 Å². The Morgan fingerprint density at radius 2 is 0.883 bits per heavy atom. The van der Waals surface area contributed by atoms with Crippen molar-refractivity contribution >= 4 is 39.0 Å². The van der Waals surface area contributed by atoms with Crippen molar-refractivity contribution in [3.63, 3.8) is 0 Å². The number of rotatable bonds is 6. The van der Waals surface area contributed by atoms with Gasteiger partial charge in [0, 0.05) is 39.3 Å². The van der Waals surface area contributed by atoms with Crippen LogP contribution in [0.3, 0.4) is 0 Å².